The van der Waals surface area contributed by atoms with Gasteiger partial charge < -0.3 is 14.2 Å². The number of ether oxygens (including phenoxy) is 3. The van der Waals surface area contributed by atoms with E-state index in [1.807, 2.05) is 49.4 Å². The first-order valence-corrected chi connectivity index (χ1v) is 22.4. The molecule has 0 aromatic heterocycles. The van der Waals surface area contributed by atoms with Gasteiger partial charge in [-0.3, -0.25) is 19.0 Å². The molecule has 0 fully saturated rings. The molecule has 0 atom stereocenters. The van der Waals surface area contributed by atoms with Crippen molar-refractivity contribution in [3.05, 3.63) is 112 Å². The number of hydrogen-bond donors (Lipinski definition) is 2. The van der Waals surface area contributed by atoms with Crippen molar-refractivity contribution in [2.75, 3.05) is 22.0 Å². The van der Waals surface area contributed by atoms with Gasteiger partial charge in [-0.15, -0.1) is 0 Å². The number of anilines is 2. The van der Waals surface area contributed by atoms with E-state index >= 15 is 0 Å². The summed E-state index contributed by atoms with van der Waals surface area (Å²) in [4.78, 5) is 25.0. The van der Waals surface area contributed by atoms with E-state index in [0.717, 1.165) is 40.3 Å². The van der Waals surface area contributed by atoms with Crippen LogP contribution in [0.5, 0.6) is 11.5 Å². The molecule has 0 aliphatic carbocycles. The van der Waals surface area contributed by atoms with Crippen LogP contribution in [0.1, 0.15) is 40.7 Å². The molecular weight excluding hydrogens is 976 g/mol. The van der Waals surface area contributed by atoms with Crippen molar-refractivity contribution in [3.63, 3.8) is 0 Å². The Morgan fingerprint density at radius 2 is 1.08 bits per heavy atom. The Morgan fingerprint density at radius 3 is 1.54 bits per heavy atom. The second-order valence-corrected chi connectivity index (χ2v) is 18.7. The summed E-state index contributed by atoms with van der Waals surface area (Å²) in [6.45, 7) is 2.17. The predicted molar refractivity (Wildman–Crippen MR) is 215 cm³/mol. The van der Waals surface area contributed by atoms with E-state index in [0.29, 0.717) is 53.6 Å². The van der Waals surface area contributed by atoms with Crippen LogP contribution in [0.3, 0.4) is 0 Å². The zero-order valence-corrected chi connectivity index (χ0v) is 36.1. The van der Waals surface area contributed by atoms with Crippen LogP contribution in [-0.2, 0) is 60.4 Å². The van der Waals surface area contributed by atoms with Gasteiger partial charge in [0.1, 0.15) is 24.7 Å². The average Bonchev–Trinajstić information content (AvgIpc) is 3.02. The summed E-state index contributed by atoms with van der Waals surface area (Å²) in [6.07, 6.45) is 2.79. The number of rotatable bonds is 16. The number of halogens is 4. The third-order valence-electron chi connectivity index (χ3n) is 7.17. The Hall–Kier alpha value is -2.96. The van der Waals surface area contributed by atoms with E-state index in [1.165, 1.54) is 0 Å². The zero-order valence-electron chi connectivity index (χ0n) is 28.1. The highest BCUT2D eigenvalue weighted by molar-refractivity contribution is 9.11. The molecule has 0 heterocycles. The minimum Gasteiger partial charge on any atom is -0.487 e. The molecule has 11 nitrogen and oxygen atoms in total. The smallest absolute Gasteiger partial charge is 0.313 e. The molecule has 4 rings (SSSR count). The summed E-state index contributed by atoms with van der Waals surface area (Å²) in [6, 6.07) is 19.5. The molecule has 2 N–H and O–H groups in total. The van der Waals surface area contributed by atoms with Gasteiger partial charge in [-0.25, -0.2) is 16.8 Å². The van der Waals surface area contributed by atoms with Crippen molar-refractivity contribution >= 4 is 107 Å². The summed E-state index contributed by atoms with van der Waals surface area (Å²) in [5.74, 6) is -0.216. The highest BCUT2D eigenvalue weighted by Gasteiger charge is 2.16. The van der Waals surface area contributed by atoms with Gasteiger partial charge in [0.2, 0.25) is 20.0 Å². The normalized spacial score (nSPS) is 11.5. The van der Waals surface area contributed by atoms with E-state index < -0.39 is 32.0 Å². The standard InChI is InChI=1S/C35H34Br4N2O9S2/c1-21-7-8-25(18-31(21)41-52(3,46)47)20-49-35-29(38)16-23(17-30(35)39)10-12-33(43)50-32(42)11-9-22-14-27(36)34(28(37)15-22)48-19-24-5-4-6-26(13-24)40-51(2,44)45/h4-8,13-18,40-41H,9-12,19-20H2,1-3H3. The lowest BCUT2D eigenvalue weighted by Crippen LogP contribution is -2.13. The quantitative estimate of drug-likeness (QED) is 0.0830. The maximum absolute atomic E-state index is 12.5. The first-order valence-electron chi connectivity index (χ1n) is 15.4. The van der Waals surface area contributed by atoms with Crippen molar-refractivity contribution < 1.29 is 40.6 Å². The monoisotopic (exact) mass is 1010 g/mol. The molecule has 0 aliphatic rings. The Bertz CT molecular complexity index is 2150. The second-order valence-electron chi connectivity index (χ2n) is 11.8. The molecule has 0 amide bonds. The van der Waals surface area contributed by atoms with Crippen LogP contribution in [0.2, 0.25) is 0 Å². The first kappa shape index (κ1) is 41.8. The molecule has 0 unspecified atom stereocenters. The van der Waals surface area contributed by atoms with Gasteiger partial charge in [-0.1, -0.05) is 24.3 Å². The lowest BCUT2D eigenvalue weighted by Gasteiger charge is -2.14. The maximum Gasteiger partial charge on any atom is 0.313 e. The molecule has 0 spiro atoms. The molecule has 278 valence electrons. The van der Waals surface area contributed by atoms with E-state index in [1.54, 1.807) is 24.3 Å². The number of nitrogens with one attached hydrogen (secondary N) is 2. The van der Waals surface area contributed by atoms with Gasteiger partial charge in [0.05, 0.1) is 48.9 Å². The molecule has 4 aromatic carbocycles. The average molecular weight is 1010 g/mol. The van der Waals surface area contributed by atoms with Crippen LogP contribution in [0.15, 0.2) is 84.6 Å². The number of aryl methyl sites for hydroxylation is 3. The summed E-state index contributed by atoms with van der Waals surface area (Å²) in [5, 5.41) is 0. The topological polar surface area (TPSA) is 154 Å². The fraction of sp³-hybridized carbons (Fsp3) is 0.257. The minimum atomic E-state index is -3.43. The van der Waals surface area contributed by atoms with Gasteiger partial charge >= 0.3 is 11.9 Å². The van der Waals surface area contributed by atoms with Crippen LogP contribution < -0.4 is 18.9 Å². The van der Waals surface area contributed by atoms with Crippen molar-refractivity contribution in [1.82, 2.24) is 0 Å². The maximum atomic E-state index is 12.5. The highest BCUT2D eigenvalue weighted by atomic mass is 79.9. The fourth-order valence-corrected chi connectivity index (χ4v) is 9.02. The molecule has 0 aliphatic heterocycles. The van der Waals surface area contributed by atoms with Gasteiger partial charge in [0, 0.05) is 5.69 Å². The number of benzene rings is 4. The van der Waals surface area contributed by atoms with E-state index in [-0.39, 0.29) is 26.1 Å². The van der Waals surface area contributed by atoms with Crippen LogP contribution in [0.25, 0.3) is 0 Å². The molecular formula is C35H34Br4N2O9S2. The first-order chi connectivity index (χ1) is 24.3. The van der Waals surface area contributed by atoms with E-state index in [9.17, 15) is 26.4 Å². The fourth-order valence-electron chi connectivity index (χ4n) is 4.83. The Labute approximate surface area is 336 Å². The SMILES string of the molecule is Cc1ccc(COc2c(Br)cc(CCC(=O)OC(=O)CCc3cc(Br)c(OCc4cccc(NS(C)(=O)=O)c4)c(Br)c3)cc2Br)cc1NS(C)(=O)=O. The largest absolute Gasteiger partial charge is 0.487 e. The third kappa shape index (κ3) is 13.5. The summed E-state index contributed by atoms with van der Waals surface area (Å²) >= 11 is 14.1. The summed E-state index contributed by atoms with van der Waals surface area (Å²) < 4.78 is 71.0. The van der Waals surface area contributed by atoms with Crippen LogP contribution in [0.4, 0.5) is 11.4 Å². The number of esters is 2. The lowest BCUT2D eigenvalue weighted by atomic mass is 10.1. The summed E-state index contributed by atoms with van der Waals surface area (Å²) in [5.41, 5.74) is 4.83. The van der Waals surface area contributed by atoms with Crippen molar-refractivity contribution in [3.8, 4) is 11.5 Å². The molecule has 0 radical (unpaired) electrons. The Morgan fingerprint density at radius 1 is 0.615 bits per heavy atom. The van der Waals surface area contributed by atoms with Gasteiger partial charge in [-0.2, -0.15) is 0 Å². The molecule has 0 saturated heterocycles. The molecule has 4 aromatic rings. The molecule has 52 heavy (non-hydrogen) atoms. The number of hydrogen-bond acceptors (Lipinski definition) is 9. The van der Waals surface area contributed by atoms with Crippen LogP contribution >= 0.6 is 63.7 Å². The zero-order chi connectivity index (χ0) is 38.2. The van der Waals surface area contributed by atoms with Crippen molar-refractivity contribution in [1.29, 1.82) is 0 Å². The van der Waals surface area contributed by atoms with E-state index in [4.69, 9.17) is 14.2 Å². The van der Waals surface area contributed by atoms with Crippen LogP contribution in [0, 0.1) is 6.92 Å². The second kappa shape index (κ2) is 18.4. The van der Waals surface area contributed by atoms with Crippen molar-refractivity contribution in [2.45, 2.75) is 45.8 Å². The minimum absolute atomic E-state index is 0.0130. The summed E-state index contributed by atoms with van der Waals surface area (Å²) in [7, 11) is -6.84. The third-order valence-corrected chi connectivity index (χ3v) is 10.7. The van der Waals surface area contributed by atoms with E-state index in [2.05, 4.69) is 73.2 Å². The molecule has 17 heteroatoms. The van der Waals surface area contributed by atoms with Gasteiger partial charge in [0.15, 0.2) is 0 Å². The van der Waals surface area contributed by atoms with Crippen molar-refractivity contribution in [2.24, 2.45) is 0 Å². The Kier molecular flexibility index (Phi) is 14.8. The number of carbonyl (C=O) groups is 2. The lowest BCUT2D eigenvalue weighted by molar-refractivity contribution is -0.159. The van der Waals surface area contributed by atoms with Crippen LogP contribution in [-0.4, -0.2) is 41.3 Å². The predicted octanol–water partition coefficient (Wildman–Crippen LogP) is 8.58. The highest BCUT2D eigenvalue weighted by Crippen LogP contribution is 2.37. The number of carbonyl (C=O) groups excluding carboxylic acids is 2. The number of sulfonamides is 2. The van der Waals surface area contributed by atoms with Gasteiger partial charge in [-0.05, 0) is 154 Å². The molecule has 0 saturated carbocycles. The molecule has 0 bridgehead atoms. The van der Waals surface area contributed by atoms with Gasteiger partial charge in [0.25, 0.3) is 0 Å². The Balaban J connectivity index is 1.25.